The molecule has 0 saturated heterocycles. The average molecular weight is 816 g/mol. The maximum absolute atomic E-state index is 6.63. The van der Waals surface area contributed by atoms with Crippen LogP contribution in [-0.2, 0) is 10.8 Å². The van der Waals surface area contributed by atoms with E-state index in [1.54, 1.807) is 0 Å². The first-order valence-corrected chi connectivity index (χ1v) is 22.4. The van der Waals surface area contributed by atoms with Crippen LogP contribution < -0.4 is 4.90 Å². The first-order chi connectivity index (χ1) is 31.5. The summed E-state index contributed by atoms with van der Waals surface area (Å²) in [6.07, 6.45) is 0. The molecular formula is C62H41NO. The lowest BCUT2D eigenvalue weighted by Crippen LogP contribution is -2.26. The van der Waals surface area contributed by atoms with Crippen LogP contribution in [0.2, 0.25) is 0 Å². The molecule has 1 heterocycles. The predicted octanol–water partition coefficient (Wildman–Crippen LogP) is 16.5. The van der Waals surface area contributed by atoms with E-state index in [-0.39, 0.29) is 5.41 Å². The molecule has 0 atom stereocenters. The van der Waals surface area contributed by atoms with Gasteiger partial charge in [0.2, 0.25) is 0 Å². The lowest BCUT2D eigenvalue weighted by atomic mass is 9.70. The number of anilines is 3. The van der Waals surface area contributed by atoms with Crippen molar-refractivity contribution in [3.05, 3.63) is 246 Å². The topological polar surface area (TPSA) is 16.4 Å². The van der Waals surface area contributed by atoms with Crippen LogP contribution in [0.5, 0.6) is 0 Å². The second-order valence-electron chi connectivity index (χ2n) is 18.3. The summed E-state index contributed by atoms with van der Waals surface area (Å²) in [7, 11) is 0. The molecule has 2 nitrogen and oxygen atoms in total. The summed E-state index contributed by atoms with van der Waals surface area (Å²) in [5, 5.41) is 4.56. The van der Waals surface area contributed by atoms with Gasteiger partial charge in [0.15, 0.2) is 0 Å². The summed E-state index contributed by atoms with van der Waals surface area (Å²) in [6, 6.07) is 79.1. The molecule has 3 aliphatic rings. The van der Waals surface area contributed by atoms with Crippen LogP contribution in [0.1, 0.15) is 47.2 Å². The Morgan fingerprint density at radius 1 is 0.375 bits per heavy atom. The standard InChI is InChI=1S/C62H41NO/c1-61(2)51-24-10-5-22-46(51)48-23-15-29-57(59(48)61)63(56-28-14-9-17-41(56)39-31-35-58-50(36-39)49-33-30-38-16-3-4-18-42(38)60(49)64-58)40-32-34-47-45-21-8-13-27-54(45)62(55(47)37-40)52-25-11-6-19-43(52)44-20-7-12-26-53(44)62/h3-37H,1-2H3. The Morgan fingerprint density at radius 2 is 0.938 bits per heavy atom. The number of hydrogen-bond acceptors (Lipinski definition) is 2. The third-order valence-corrected chi connectivity index (χ3v) is 14.9. The summed E-state index contributed by atoms with van der Waals surface area (Å²) in [4.78, 5) is 2.57. The summed E-state index contributed by atoms with van der Waals surface area (Å²) in [6.45, 7) is 4.79. The summed E-state index contributed by atoms with van der Waals surface area (Å²) in [5.41, 5.74) is 22.7. The van der Waals surface area contributed by atoms with Gasteiger partial charge in [0, 0.05) is 32.8 Å². The van der Waals surface area contributed by atoms with E-state index in [4.69, 9.17) is 4.42 Å². The molecule has 0 amide bonds. The minimum absolute atomic E-state index is 0.245. The van der Waals surface area contributed by atoms with Crippen molar-refractivity contribution in [2.75, 3.05) is 4.90 Å². The largest absolute Gasteiger partial charge is 0.455 e. The summed E-state index contributed by atoms with van der Waals surface area (Å²) >= 11 is 0. The number of benzene rings is 10. The first-order valence-electron chi connectivity index (χ1n) is 22.4. The van der Waals surface area contributed by atoms with E-state index in [9.17, 15) is 0 Å². The van der Waals surface area contributed by atoms with Gasteiger partial charge in [0.1, 0.15) is 11.2 Å². The zero-order valence-electron chi connectivity index (χ0n) is 35.6. The molecule has 300 valence electrons. The number of rotatable bonds is 4. The highest BCUT2D eigenvalue weighted by molar-refractivity contribution is 6.16. The van der Waals surface area contributed by atoms with Crippen molar-refractivity contribution in [3.8, 4) is 44.5 Å². The third kappa shape index (κ3) is 4.54. The molecule has 10 aromatic carbocycles. The lowest BCUT2D eigenvalue weighted by Gasteiger charge is -2.35. The molecule has 0 radical (unpaired) electrons. The monoisotopic (exact) mass is 815 g/mol. The number of furan rings is 1. The van der Waals surface area contributed by atoms with Gasteiger partial charge in [-0.15, -0.1) is 0 Å². The third-order valence-electron chi connectivity index (χ3n) is 14.9. The van der Waals surface area contributed by atoms with Gasteiger partial charge in [-0.05, 0) is 120 Å². The van der Waals surface area contributed by atoms with Gasteiger partial charge in [-0.25, -0.2) is 0 Å². The fourth-order valence-corrected chi connectivity index (χ4v) is 12.2. The van der Waals surface area contributed by atoms with Crippen LogP contribution in [0.4, 0.5) is 17.1 Å². The minimum Gasteiger partial charge on any atom is -0.455 e. The van der Waals surface area contributed by atoms with Crippen molar-refractivity contribution >= 4 is 49.8 Å². The van der Waals surface area contributed by atoms with Gasteiger partial charge in [0.05, 0.1) is 16.8 Å². The van der Waals surface area contributed by atoms with Gasteiger partial charge >= 0.3 is 0 Å². The van der Waals surface area contributed by atoms with E-state index in [0.29, 0.717) is 0 Å². The molecule has 0 saturated carbocycles. The Bertz CT molecular complexity index is 3730. The molecule has 0 bridgehead atoms. The van der Waals surface area contributed by atoms with Crippen molar-refractivity contribution in [1.82, 2.24) is 0 Å². The molecular weight excluding hydrogens is 775 g/mol. The smallest absolute Gasteiger partial charge is 0.143 e. The van der Waals surface area contributed by atoms with Crippen LogP contribution in [0.3, 0.4) is 0 Å². The Labute approximate surface area is 372 Å². The fraction of sp³-hybridized carbons (Fsp3) is 0.0645. The Hall–Kier alpha value is -7.94. The highest BCUT2D eigenvalue weighted by atomic mass is 16.3. The molecule has 14 rings (SSSR count). The van der Waals surface area contributed by atoms with E-state index >= 15 is 0 Å². The van der Waals surface area contributed by atoms with Crippen LogP contribution in [-0.4, -0.2) is 0 Å². The van der Waals surface area contributed by atoms with E-state index in [0.717, 1.165) is 49.8 Å². The van der Waals surface area contributed by atoms with Gasteiger partial charge in [0.25, 0.3) is 0 Å². The molecule has 3 aliphatic carbocycles. The van der Waals surface area contributed by atoms with E-state index in [2.05, 4.69) is 231 Å². The molecule has 1 spiro atoms. The maximum atomic E-state index is 6.63. The molecule has 0 fully saturated rings. The quantitative estimate of drug-likeness (QED) is 0.176. The van der Waals surface area contributed by atoms with E-state index in [1.165, 1.54) is 77.8 Å². The molecule has 64 heavy (non-hydrogen) atoms. The van der Waals surface area contributed by atoms with Crippen LogP contribution >= 0.6 is 0 Å². The van der Waals surface area contributed by atoms with Crippen molar-refractivity contribution in [3.63, 3.8) is 0 Å². The zero-order chi connectivity index (χ0) is 42.3. The van der Waals surface area contributed by atoms with Crippen molar-refractivity contribution in [2.24, 2.45) is 0 Å². The van der Waals surface area contributed by atoms with Crippen LogP contribution in [0.25, 0.3) is 77.2 Å². The minimum atomic E-state index is -0.466. The van der Waals surface area contributed by atoms with Crippen molar-refractivity contribution in [2.45, 2.75) is 24.7 Å². The highest BCUT2D eigenvalue weighted by Crippen LogP contribution is 2.64. The Balaban J connectivity index is 1.05. The summed E-state index contributed by atoms with van der Waals surface area (Å²) < 4.78 is 6.63. The fourth-order valence-electron chi connectivity index (χ4n) is 12.2. The average Bonchev–Trinajstić information content (AvgIpc) is 4.04. The van der Waals surface area contributed by atoms with Crippen molar-refractivity contribution < 1.29 is 4.42 Å². The lowest BCUT2D eigenvalue weighted by molar-refractivity contribution is 0.661. The second kappa shape index (κ2) is 12.8. The molecule has 0 N–H and O–H groups in total. The maximum Gasteiger partial charge on any atom is 0.143 e. The molecule has 0 aliphatic heterocycles. The number of fused-ring (bicyclic) bond motifs is 18. The van der Waals surface area contributed by atoms with Gasteiger partial charge in [-0.1, -0.05) is 184 Å². The van der Waals surface area contributed by atoms with Crippen molar-refractivity contribution in [1.29, 1.82) is 0 Å². The second-order valence-corrected chi connectivity index (χ2v) is 18.3. The number of hydrogen-bond donors (Lipinski definition) is 0. The number of nitrogens with zero attached hydrogens (tertiary/aromatic N) is 1. The summed E-state index contributed by atoms with van der Waals surface area (Å²) in [5.74, 6) is 0. The zero-order valence-corrected chi connectivity index (χ0v) is 35.6. The van der Waals surface area contributed by atoms with Crippen LogP contribution in [0.15, 0.2) is 217 Å². The molecule has 1 aromatic heterocycles. The van der Waals surface area contributed by atoms with E-state index < -0.39 is 5.41 Å². The first kappa shape index (κ1) is 35.6. The van der Waals surface area contributed by atoms with Gasteiger partial charge in [-0.2, -0.15) is 0 Å². The molecule has 2 heteroatoms. The predicted molar refractivity (Wildman–Crippen MR) is 265 cm³/mol. The van der Waals surface area contributed by atoms with E-state index in [1.807, 2.05) is 0 Å². The normalized spacial score (nSPS) is 14.3. The Morgan fingerprint density at radius 3 is 1.66 bits per heavy atom. The number of para-hydroxylation sites is 1. The van der Waals surface area contributed by atoms with Gasteiger partial charge < -0.3 is 9.32 Å². The highest BCUT2D eigenvalue weighted by Gasteiger charge is 2.52. The molecule has 0 unspecified atom stereocenters. The SMILES string of the molecule is CC1(C)c2ccccc2-c2cccc(N(c3ccc4c(c3)C3(c5ccccc5-c5ccccc53)c3ccccc3-4)c3ccccc3-c3ccc4oc5c6ccccc6ccc5c4c3)c21. The van der Waals surface area contributed by atoms with Crippen LogP contribution in [0, 0.1) is 0 Å². The Kier molecular flexibility index (Phi) is 7.13. The molecule has 11 aromatic rings. The van der Waals surface area contributed by atoms with Gasteiger partial charge in [-0.3, -0.25) is 0 Å².